The minimum Gasteiger partial charge on any atom is -0.324 e. The number of aromatic nitrogens is 2. The van der Waals surface area contributed by atoms with Gasteiger partial charge in [0.25, 0.3) is 5.56 Å². The van der Waals surface area contributed by atoms with Gasteiger partial charge in [0.1, 0.15) is 17.2 Å². The van der Waals surface area contributed by atoms with Crippen molar-refractivity contribution < 1.29 is 9.18 Å². The van der Waals surface area contributed by atoms with Crippen molar-refractivity contribution >= 4 is 33.1 Å². The zero-order chi connectivity index (χ0) is 16.6. The second kappa shape index (κ2) is 5.92. The summed E-state index contributed by atoms with van der Waals surface area (Å²) in [5.74, 6) is -0.839. The summed E-state index contributed by atoms with van der Waals surface area (Å²) >= 11 is 1.43. The third-order valence-corrected chi connectivity index (χ3v) is 4.39. The van der Waals surface area contributed by atoms with E-state index in [1.165, 1.54) is 34.4 Å². The topological polar surface area (TPSA) is 64.0 Å². The van der Waals surface area contributed by atoms with Crippen LogP contribution < -0.4 is 10.9 Å². The van der Waals surface area contributed by atoms with Crippen LogP contribution in [0.1, 0.15) is 10.4 Å². The molecule has 0 aliphatic carbocycles. The monoisotopic (exact) mass is 331 g/mol. The van der Waals surface area contributed by atoms with Gasteiger partial charge in [0.15, 0.2) is 0 Å². The molecule has 0 aliphatic rings. The molecule has 1 N–H and O–H groups in total. The predicted molar refractivity (Wildman–Crippen MR) is 88.4 cm³/mol. The quantitative estimate of drug-likeness (QED) is 0.803. The Kier molecular flexibility index (Phi) is 3.96. The number of halogens is 1. The number of carbonyl (C=O) groups excluding carboxylic acids is 1. The molecule has 1 aromatic carbocycles. The van der Waals surface area contributed by atoms with E-state index in [1.807, 2.05) is 6.92 Å². The number of carbonyl (C=O) groups is 1. The number of hydrogen-bond acceptors (Lipinski definition) is 4. The molecule has 3 rings (SSSR count). The summed E-state index contributed by atoms with van der Waals surface area (Å²) < 4.78 is 14.5. The lowest BCUT2D eigenvalue weighted by molar-refractivity contribution is -0.116. The second-order valence-corrected chi connectivity index (χ2v) is 6.50. The molecule has 2 aromatic heterocycles. The van der Waals surface area contributed by atoms with Crippen LogP contribution in [-0.2, 0) is 11.3 Å². The number of nitrogens with zero attached hydrogens (tertiary/aromatic N) is 2. The minimum absolute atomic E-state index is 0.174. The van der Waals surface area contributed by atoms with E-state index in [1.54, 1.807) is 19.1 Å². The van der Waals surface area contributed by atoms with Crippen molar-refractivity contribution in [2.45, 2.75) is 20.4 Å². The molecule has 118 valence electrons. The lowest BCUT2D eigenvalue weighted by Crippen LogP contribution is -2.27. The maximum Gasteiger partial charge on any atom is 0.262 e. The molecule has 23 heavy (non-hydrogen) atoms. The first-order valence-electron chi connectivity index (χ1n) is 6.95. The molecule has 0 fully saturated rings. The molecular formula is C16H14FN3O2S. The van der Waals surface area contributed by atoms with Crippen molar-refractivity contribution in [3.8, 4) is 0 Å². The lowest BCUT2D eigenvalue weighted by atomic mass is 10.2. The molecule has 0 atom stereocenters. The number of nitrogens with one attached hydrogen (secondary N) is 1. The van der Waals surface area contributed by atoms with Crippen LogP contribution in [0.3, 0.4) is 0 Å². The smallest absolute Gasteiger partial charge is 0.262 e. The van der Waals surface area contributed by atoms with E-state index >= 15 is 0 Å². The number of amides is 1. The highest BCUT2D eigenvalue weighted by atomic mass is 32.1. The minimum atomic E-state index is -0.431. The molecule has 0 saturated heterocycles. The highest BCUT2D eigenvalue weighted by Crippen LogP contribution is 2.19. The number of fused-ring (bicyclic) bond motifs is 1. The normalized spacial score (nSPS) is 10.9. The largest absolute Gasteiger partial charge is 0.324 e. The molecular weight excluding hydrogens is 317 g/mol. The zero-order valence-corrected chi connectivity index (χ0v) is 13.4. The predicted octanol–water partition coefficient (Wildman–Crippen LogP) is 2.85. The van der Waals surface area contributed by atoms with Gasteiger partial charge in [-0.05, 0) is 37.6 Å². The van der Waals surface area contributed by atoms with E-state index < -0.39 is 11.7 Å². The number of thiophene rings is 1. The number of hydrogen-bond donors (Lipinski definition) is 1. The van der Waals surface area contributed by atoms with Crippen LogP contribution in [0.15, 0.2) is 35.4 Å². The fraction of sp³-hybridized carbons (Fsp3) is 0.188. The van der Waals surface area contributed by atoms with Gasteiger partial charge in [-0.25, -0.2) is 9.37 Å². The average Bonchev–Trinajstić information content (AvgIpc) is 2.87. The van der Waals surface area contributed by atoms with Crippen molar-refractivity contribution in [3.63, 3.8) is 0 Å². The van der Waals surface area contributed by atoms with E-state index in [0.717, 1.165) is 10.4 Å². The van der Waals surface area contributed by atoms with Gasteiger partial charge in [0, 0.05) is 10.6 Å². The molecule has 0 aliphatic heterocycles. The SMILES string of the molecule is Cc1cc2c(=O)n(CC(=O)Nc3cc(F)ccc3C)cnc2s1. The summed E-state index contributed by atoms with van der Waals surface area (Å²) in [5.41, 5.74) is 0.878. The van der Waals surface area contributed by atoms with Crippen LogP contribution in [0.5, 0.6) is 0 Å². The van der Waals surface area contributed by atoms with Gasteiger partial charge in [-0.2, -0.15) is 0 Å². The maximum atomic E-state index is 13.3. The number of anilines is 1. The first-order valence-corrected chi connectivity index (χ1v) is 7.77. The third kappa shape index (κ3) is 3.14. The van der Waals surface area contributed by atoms with Gasteiger partial charge in [0.2, 0.25) is 5.91 Å². The molecule has 5 nitrogen and oxygen atoms in total. The molecule has 3 aromatic rings. The molecule has 0 saturated carbocycles. The van der Waals surface area contributed by atoms with Crippen LogP contribution in [0.2, 0.25) is 0 Å². The van der Waals surface area contributed by atoms with Crippen molar-refractivity contribution in [1.82, 2.24) is 9.55 Å². The van der Waals surface area contributed by atoms with Gasteiger partial charge >= 0.3 is 0 Å². The van der Waals surface area contributed by atoms with Gasteiger partial charge in [-0.3, -0.25) is 14.2 Å². The molecule has 1 amide bonds. The Morgan fingerprint density at radius 3 is 2.91 bits per heavy atom. The number of aryl methyl sites for hydroxylation is 2. The van der Waals surface area contributed by atoms with E-state index in [9.17, 15) is 14.0 Å². The van der Waals surface area contributed by atoms with E-state index in [0.29, 0.717) is 15.9 Å². The van der Waals surface area contributed by atoms with Crippen LogP contribution in [-0.4, -0.2) is 15.5 Å². The molecule has 0 bridgehead atoms. The maximum absolute atomic E-state index is 13.3. The van der Waals surface area contributed by atoms with Crippen molar-refractivity contribution in [1.29, 1.82) is 0 Å². The first kappa shape index (κ1) is 15.4. The Bertz CT molecular complexity index is 962. The molecule has 0 spiro atoms. The van der Waals surface area contributed by atoms with Crippen LogP contribution in [0.25, 0.3) is 10.2 Å². The highest BCUT2D eigenvalue weighted by molar-refractivity contribution is 7.18. The van der Waals surface area contributed by atoms with Crippen molar-refractivity contribution in [2.75, 3.05) is 5.32 Å². The Balaban J connectivity index is 1.84. The van der Waals surface area contributed by atoms with Crippen LogP contribution in [0.4, 0.5) is 10.1 Å². The summed E-state index contributed by atoms with van der Waals surface area (Å²) in [4.78, 5) is 30.3. The van der Waals surface area contributed by atoms with Crippen LogP contribution in [0, 0.1) is 19.7 Å². The summed E-state index contributed by atoms with van der Waals surface area (Å²) in [6, 6.07) is 5.92. The standard InChI is InChI=1S/C16H14FN3O2S/c1-9-3-4-11(17)6-13(9)19-14(21)7-20-8-18-15-12(16(20)22)5-10(2)23-15/h3-6,8H,7H2,1-2H3,(H,19,21). The van der Waals surface area contributed by atoms with Crippen molar-refractivity contribution in [2.24, 2.45) is 0 Å². The number of benzene rings is 1. The second-order valence-electron chi connectivity index (χ2n) is 5.26. The van der Waals surface area contributed by atoms with Gasteiger partial charge in [-0.15, -0.1) is 11.3 Å². The highest BCUT2D eigenvalue weighted by Gasteiger charge is 2.11. The Morgan fingerprint density at radius 2 is 2.13 bits per heavy atom. The number of rotatable bonds is 3. The van der Waals surface area contributed by atoms with Gasteiger partial charge in [0.05, 0.1) is 11.7 Å². The van der Waals surface area contributed by atoms with Gasteiger partial charge in [-0.1, -0.05) is 6.07 Å². The third-order valence-electron chi connectivity index (χ3n) is 3.43. The summed E-state index contributed by atoms with van der Waals surface area (Å²) in [6.07, 6.45) is 1.36. The van der Waals surface area contributed by atoms with E-state index in [-0.39, 0.29) is 12.1 Å². The average molecular weight is 331 g/mol. The Hall–Kier alpha value is -2.54. The fourth-order valence-electron chi connectivity index (χ4n) is 2.27. The van der Waals surface area contributed by atoms with Gasteiger partial charge < -0.3 is 5.32 Å². The Labute approximate surface area is 135 Å². The summed E-state index contributed by atoms with van der Waals surface area (Å²) in [7, 11) is 0. The van der Waals surface area contributed by atoms with E-state index in [4.69, 9.17) is 0 Å². The molecule has 0 radical (unpaired) electrons. The lowest BCUT2D eigenvalue weighted by Gasteiger charge is -2.09. The molecule has 2 heterocycles. The Morgan fingerprint density at radius 1 is 1.35 bits per heavy atom. The summed E-state index contributed by atoms with van der Waals surface area (Å²) in [6.45, 7) is 3.49. The summed E-state index contributed by atoms with van der Waals surface area (Å²) in [5, 5.41) is 3.12. The molecule has 0 unspecified atom stereocenters. The zero-order valence-electron chi connectivity index (χ0n) is 12.6. The first-order chi connectivity index (χ1) is 10.9. The van der Waals surface area contributed by atoms with Crippen molar-refractivity contribution in [3.05, 3.63) is 57.2 Å². The van der Waals surface area contributed by atoms with Crippen LogP contribution >= 0.6 is 11.3 Å². The molecule has 7 heteroatoms. The van der Waals surface area contributed by atoms with E-state index in [2.05, 4.69) is 10.3 Å². The fourth-order valence-corrected chi connectivity index (χ4v) is 3.10.